The fourth-order valence-electron chi connectivity index (χ4n) is 2.56. The molecule has 2 heteroatoms. The number of hydrogen-bond donors (Lipinski definition) is 1. The van der Waals surface area contributed by atoms with Gasteiger partial charge in [-0.15, -0.1) is 11.3 Å². The lowest BCUT2D eigenvalue weighted by Gasteiger charge is -2.20. The van der Waals surface area contributed by atoms with E-state index in [4.69, 9.17) is 0 Å². The highest BCUT2D eigenvalue weighted by molar-refractivity contribution is 7.10. The van der Waals surface area contributed by atoms with E-state index in [2.05, 4.69) is 68.7 Å². The molecule has 102 valence electrons. The van der Waals surface area contributed by atoms with Crippen LogP contribution in [0.1, 0.15) is 41.5 Å². The van der Waals surface area contributed by atoms with Gasteiger partial charge in [-0.3, -0.25) is 0 Å². The van der Waals surface area contributed by atoms with Crippen LogP contribution in [0, 0.1) is 13.8 Å². The molecule has 0 aliphatic heterocycles. The van der Waals surface area contributed by atoms with E-state index in [1.54, 1.807) is 0 Å². The molecule has 0 amide bonds. The third-order valence-corrected chi connectivity index (χ3v) is 4.82. The number of rotatable bonds is 5. The lowest BCUT2D eigenvalue weighted by Crippen LogP contribution is -2.30. The highest BCUT2D eigenvalue weighted by Gasteiger charge is 2.13. The summed E-state index contributed by atoms with van der Waals surface area (Å²) >= 11 is 1.85. The van der Waals surface area contributed by atoms with E-state index in [-0.39, 0.29) is 0 Å². The van der Waals surface area contributed by atoms with Crippen molar-refractivity contribution in [2.24, 2.45) is 0 Å². The quantitative estimate of drug-likeness (QED) is 0.836. The molecule has 1 heterocycles. The summed E-state index contributed by atoms with van der Waals surface area (Å²) in [4.78, 5) is 1.46. The average Bonchev–Trinajstić information content (AvgIpc) is 2.78. The van der Waals surface area contributed by atoms with Gasteiger partial charge in [0, 0.05) is 17.0 Å². The van der Waals surface area contributed by atoms with E-state index >= 15 is 0 Å². The molecule has 19 heavy (non-hydrogen) atoms. The molecule has 2 unspecified atom stereocenters. The number of aryl methyl sites for hydroxylation is 2. The Labute approximate surface area is 120 Å². The molecular formula is C17H23NS. The lowest BCUT2D eigenvalue weighted by molar-refractivity contribution is 0.480. The molecule has 0 saturated heterocycles. The van der Waals surface area contributed by atoms with Gasteiger partial charge in [-0.25, -0.2) is 0 Å². The molecule has 0 aliphatic rings. The molecule has 2 aromatic rings. The molecule has 0 aliphatic carbocycles. The zero-order chi connectivity index (χ0) is 13.8. The van der Waals surface area contributed by atoms with Crippen LogP contribution in [-0.4, -0.2) is 6.04 Å². The van der Waals surface area contributed by atoms with Crippen molar-refractivity contribution in [3.63, 3.8) is 0 Å². The summed E-state index contributed by atoms with van der Waals surface area (Å²) in [6.07, 6.45) is 1.08. The molecule has 0 radical (unpaired) electrons. The van der Waals surface area contributed by atoms with Crippen molar-refractivity contribution in [3.05, 3.63) is 57.3 Å². The zero-order valence-corrected chi connectivity index (χ0v) is 13.1. The van der Waals surface area contributed by atoms with Gasteiger partial charge in [0.25, 0.3) is 0 Å². The van der Waals surface area contributed by atoms with Gasteiger partial charge in [-0.1, -0.05) is 24.3 Å². The van der Waals surface area contributed by atoms with Gasteiger partial charge < -0.3 is 5.32 Å². The predicted molar refractivity (Wildman–Crippen MR) is 85.0 cm³/mol. The van der Waals surface area contributed by atoms with Gasteiger partial charge in [-0.05, 0) is 62.3 Å². The number of benzene rings is 1. The highest BCUT2D eigenvalue weighted by Crippen LogP contribution is 2.24. The van der Waals surface area contributed by atoms with Crippen LogP contribution < -0.4 is 5.32 Å². The third kappa shape index (κ3) is 3.68. The van der Waals surface area contributed by atoms with Crippen molar-refractivity contribution in [2.75, 3.05) is 0 Å². The zero-order valence-electron chi connectivity index (χ0n) is 12.2. The molecule has 1 aromatic heterocycles. The maximum Gasteiger partial charge on any atom is 0.0390 e. The van der Waals surface area contributed by atoms with Gasteiger partial charge in [0.05, 0.1) is 0 Å². The van der Waals surface area contributed by atoms with E-state index in [1.165, 1.54) is 21.6 Å². The number of nitrogens with one attached hydrogen (secondary N) is 1. The van der Waals surface area contributed by atoms with Crippen molar-refractivity contribution in [1.82, 2.24) is 5.32 Å². The van der Waals surface area contributed by atoms with E-state index in [9.17, 15) is 0 Å². The van der Waals surface area contributed by atoms with Crippen LogP contribution in [-0.2, 0) is 6.42 Å². The summed E-state index contributed by atoms with van der Waals surface area (Å²) in [5.74, 6) is 0. The van der Waals surface area contributed by atoms with Gasteiger partial charge in [-0.2, -0.15) is 0 Å². The standard InChI is InChI=1S/C17H23NS/c1-12-7-5-6-8-16(12)11-14(3)18-15(4)17-13(2)9-10-19-17/h5-10,14-15,18H,11H2,1-4H3. The Morgan fingerprint density at radius 1 is 1.05 bits per heavy atom. The molecular weight excluding hydrogens is 250 g/mol. The largest absolute Gasteiger partial charge is 0.307 e. The topological polar surface area (TPSA) is 12.0 Å². The smallest absolute Gasteiger partial charge is 0.0390 e. The third-order valence-electron chi connectivity index (χ3n) is 3.62. The summed E-state index contributed by atoms with van der Waals surface area (Å²) in [5, 5.41) is 5.88. The van der Waals surface area contributed by atoms with Crippen LogP contribution in [0.2, 0.25) is 0 Å². The van der Waals surface area contributed by atoms with Crippen LogP contribution in [0.5, 0.6) is 0 Å². The minimum Gasteiger partial charge on any atom is -0.307 e. The summed E-state index contributed by atoms with van der Waals surface area (Å²) in [6.45, 7) is 8.91. The van der Waals surface area contributed by atoms with Gasteiger partial charge >= 0.3 is 0 Å². The van der Waals surface area contributed by atoms with E-state index in [0.717, 1.165) is 6.42 Å². The first-order chi connectivity index (χ1) is 9.08. The Morgan fingerprint density at radius 2 is 1.79 bits per heavy atom. The molecule has 2 rings (SSSR count). The Morgan fingerprint density at radius 3 is 2.42 bits per heavy atom. The minimum absolute atomic E-state index is 0.430. The molecule has 0 fully saturated rings. The highest BCUT2D eigenvalue weighted by atomic mass is 32.1. The van der Waals surface area contributed by atoms with E-state index < -0.39 is 0 Å². The Kier molecular flexibility index (Phi) is 4.78. The molecule has 1 N–H and O–H groups in total. The lowest BCUT2D eigenvalue weighted by atomic mass is 10.0. The molecule has 1 aromatic carbocycles. The van der Waals surface area contributed by atoms with Crippen LogP contribution in [0.3, 0.4) is 0 Å². The van der Waals surface area contributed by atoms with Crippen molar-refractivity contribution >= 4 is 11.3 Å². The summed E-state index contributed by atoms with van der Waals surface area (Å²) in [5.41, 5.74) is 4.22. The normalized spacial score (nSPS) is 14.3. The van der Waals surface area contributed by atoms with Crippen LogP contribution in [0.4, 0.5) is 0 Å². The summed E-state index contributed by atoms with van der Waals surface area (Å²) < 4.78 is 0. The molecule has 0 saturated carbocycles. The molecule has 0 spiro atoms. The predicted octanol–water partition coefficient (Wildman–Crippen LogP) is 4.65. The Bertz CT molecular complexity index is 530. The second-order valence-corrected chi connectivity index (χ2v) is 6.34. The SMILES string of the molecule is Cc1ccccc1CC(C)NC(C)c1sccc1C. The first-order valence-corrected chi connectivity index (χ1v) is 7.80. The number of thiophene rings is 1. The number of hydrogen-bond acceptors (Lipinski definition) is 2. The monoisotopic (exact) mass is 273 g/mol. The Balaban J connectivity index is 1.97. The maximum atomic E-state index is 3.71. The molecule has 1 nitrogen and oxygen atoms in total. The van der Waals surface area contributed by atoms with Crippen molar-refractivity contribution in [3.8, 4) is 0 Å². The average molecular weight is 273 g/mol. The van der Waals surface area contributed by atoms with Crippen LogP contribution >= 0.6 is 11.3 Å². The van der Waals surface area contributed by atoms with Gasteiger partial charge in [0.1, 0.15) is 0 Å². The summed E-state index contributed by atoms with van der Waals surface area (Å²) in [6, 6.07) is 11.8. The fraction of sp³-hybridized carbons (Fsp3) is 0.412. The van der Waals surface area contributed by atoms with E-state index in [0.29, 0.717) is 12.1 Å². The Hall–Kier alpha value is -1.12. The van der Waals surface area contributed by atoms with Crippen LogP contribution in [0.15, 0.2) is 35.7 Å². The van der Waals surface area contributed by atoms with Crippen LogP contribution in [0.25, 0.3) is 0 Å². The van der Waals surface area contributed by atoms with Crippen molar-refractivity contribution in [1.29, 1.82) is 0 Å². The second-order valence-electron chi connectivity index (χ2n) is 5.39. The van der Waals surface area contributed by atoms with Gasteiger partial charge in [0.2, 0.25) is 0 Å². The first kappa shape index (κ1) is 14.3. The first-order valence-electron chi connectivity index (χ1n) is 6.92. The van der Waals surface area contributed by atoms with Crippen molar-refractivity contribution in [2.45, 2.75) is 46.2 Å². The fourth-order valence-corrected chi connectivity index (χ4v) is 3.50. The summed E-state index contributed by atoms with van der Waals surface area (Å²) in [7, 11) is 0. The van der Waals surface area contributed by atoms with Gasteiger partial charge in [0.15, 0.2) is 0 Å². The minimum atomic E-state index is 0.430. The maximum absolute atomic E-state index is 3.71. The van der Waals surface area contributed by atoms with Crippen molar-refractivity contribution < 1.29 is 0 Å². The molecule has 0 bridgehead atoms. The van der Waals surface area contributed by atoms with E-state index in [1.807, 2.05) is 11.3 Å². The second kappa shape index (κ2) is 6.36. The molecule has 2 atom stereocenters.